The van der Waals surface area contributed by atoms with Crippen LogP contribution in [-0.4, -0.2) is 12.1 Å². The zero-order valence-corrected chi connectivity index (χ0v) is 11.1. The second-order valence-corrected chi connectivity index (χ2v) is 4.09. The Morgan fingerprint density at radius 3 is 2.50 bits per heavy atom. The number of methoxy groups -OCH3 is 1. The van der Waals surface area contributed by atoms with E-state index in [1.54, 1.807) is 0 Å². The van der Waals surface area contributed by atoms with Gasteiger partial charge in [0.05, 0.1) is 7.11 Å². The number of H-pyrrole nitrogens is 1. The molecule has 0 atom stereocenters. The molecule has 0 unspecified atom stereocenters. The van der Waals surface area contributed by atoms with E-state index in [0.29, 0.717) is 0 Å². The highest BCUT2D eigenvalue weighted by Crippen LogP contribution is 2.32. The summed E-state index contributed by atoms with van der Waals surface area (Å²) in [6, 6.07) is 5.13. The van der Waals surface area contributed by atoms with E-state index in [0.717, 1.165) is 12.1 Å². The lowest BCUT2D eigenvalue weighted by Gasteiger charge is -2.10. The number of pyridine rings is 1. The number of nitriles is 1. The predicted octanol–water partition coefficient (Wildman–Crippen LogP) is 3.69. The maximum Gasteiger partial charge on any atom is 0.198 e. The molecule has 0 aliphatic carbocycles. The van der Waals surface area contributed by atoms with Gasteiger partial charge in [-0.25, -0.2) is 8.78 Å². The summed E-state index contributed by atoms with van der Waals surface area (Å²) in [4.78, 5) is 2.63. The van der Waals surface area contributed by atoms with Gasteiger partial charge in [-0.05, 0) is 6.07 Å². The predicted molar refractivity (Wildman–Crippen MR) is 69.3 cm³/mol. The zero-order valence-electron chi connectivity index (χ0n) is 10.2. The van der Waals surface area contributed by atoms with Gasteiger partial charge >= 0.3 is 0 Å². The van der Waals surface area contributed by atoms with Crippen LogP contribution in [0, 0.1) is 27.6 Å². The van der Waals surface area contributed by atoms with Crippen molar-refractivity contribution in [1.82, 2.24) is 4.98 Å². The van der Waals surface area contributed by atoms with E-state index >= 15 is 0 Å². The van der Waals surface area contributed by atoms with E-state index in [9.17, 15) is 8.78 Å². The molecule has 0 radical (unpaired) electrons. The highest BCUT2D eigenvalue weighted by atomic mass is 32.1. The van der Waals surface area contributed by atoms with Gasteiger partial charge in [0, 0.05) is 18.3 Å². The highest BCUT2D eigenvalue weighted by molar-refractivity contribution is 7.71. The number of aromatic nitrogens is 1. The van der Waals surface area contributed by atoms with Crippen LogP contribution >= 0.6 is 12.2 Å². The average Bonchev–Trinajstić information content (AvgIpc) is 2.42. The van der Waals surface area contributed by atoms with E-state index in [1.807, 2.05) is 6.07 Å². The molecule has 0 spiro atoms. The Balaban J connectivity index is 2.49. The van der Waals surface area contributed by atoms with Crippen LogP contribution in [0.25, 0.3) is 0 Å². The van der Waals surface area contributed by atoms with Gasteiger partial charge in [0.1, 0.15) is 27.8 Å². The van der Waals surface area contributed by atoms with E-state index in [4.69, 9.17) is 27.0 Å². The van der Waals surface area contributed by atoms with Gasteiger partial charge < -0.3 is 14.5 Å². The number of nitrogens with zero attached hydrogens (tertiary/aromatic N) is 1. The van der Waals surface area contributed by atoms with E-state index in [2.05, 4.69) is 4.98 Å². The van der Waals surface area contributed by atoms with Crippen molar-refractivity contribution < 1.29 is 18.3 Å². The molecule has 2 rings (SSSR count). The Labute approximate surface area is 118 Å². The van der Waals surface area contributed by atoms with Gasteiger partial charge in [-0.2, -0.15) is 5.26 Å². The first kappa shape index (κ1) is 14.0. The number of halogens is 2. The fourth-order valence-corrected chi connectivity index (χ4v) is 1.73. The van der Waals surface area contributed by atoms with Gasteiger partial charge in [-0.1, -0.05) is 12.2 Å². The Morgan fingerprint density at radius 1 is 1.30 bits per heavy atom. The minimum Gasteiger partial charge on any atom is -0.497 e. The summed E-state index contributed by atoms with van der Waals surface area (Å²) < 4.78 is 37.5. The van der Waals surface area contributed by atoms with E-state index < -0.39 is 17.4 Å². The molecule has 0 saturated carbocycles. The molecule has 0 aliphatic heterocycles. The third-order valence-corrected chi connectivity index (χ3v) is 2.78. The summed E-state index contributed by atoms with van der Waals surface area (Å²) in [5, 5.41) is 8.97. The molecule has 7 heteroatoms. The summed E-state index contributed by atoms with van der Waals surface area (Å²) in [6.45, 7) is 0. The third kappa shape index (κ3) is 2.60. The van der Waals surface area contributed by atoms with Gasteiger partial charge in [0.25, 0.3) is 0 Å². The summed E-state index contributed by atoms with van der Waals surface area (Å²) in [5.41, 5.74) is -0.00267. The van der Waals surface area contributed by atoms with Gasteiger partial charge in [0.2, 0.25) is 0 Å². The molecule has 4 nitrogen and oxygen atoms in total. The number of ether oxygens (including phenoxy) is 2. The van der Waals surface area contributed by atoms with E-state index in [1.165, 1.54) is 19.4 Å². The van der Waals surface area contributed by atoms with Crippen LogP contribution in [0.15, 0.2) is 24.4 Å². The molecular formula is C13H8F2N2O2S. The van der Waals surface area contributed by atoms with Crippen LogP contribution in [0.5, 0.6) is 17.2 Å². The summed E-state index contributed by atoms with van der Waals surface area (Å²) >= 11 is 4.89. The quantitative estimate of drug-likeness (QED) is 0.877. The monoisotopic (exact) mass is 294 g/mol. The molecule has 1 aromatic carbocycles. The normalized spacial score (nSPS) is 9.90. The molecular weight excluding hydrogens is 286 g/mol. The largest absolute Gasteiger partial charge is 0.497 e. The van der Waals surface area contributed by atoms with Crippen LogP contribution in [0.4, 0.5) is 8.78 Å². The first-order chi connectivity index (χ1) is 9.56. The Hall–Kier alpha value is -2.46. The molecule has 0 amide bonds. The molecule has 2 aromatic rings. The lowest BCUT2D eigenvalue weighted by atomic mass is 10.2. The molecule has 102 valence electrons. The first-order valence-corrected chi connectivity index (χ1v) is 5.80. The Bertz CT molecular complexity index is 730. The lowest BCUT2D eigenvalue weighted by molar-refractivity contribution is 0.381. The molecule has 20 heavy (non-hydrogen) atoms. The number of benzene rings is 1. The fourth-order valence-electron chi connectivity index (χ4n) is 1.51. The van der Waals surface area contributed by atoms with Crippen LogP contribution in [0.2, 0.25) is 0 Å². The summed E-state index contributed by atoms with van der Waals surface area (Å²) in [7, 11) is 1.29. The van der Waals surface area contributed by atoms with Crippen molar-refractivity contribution in [3.05, 3.63) is 46.2 Å². The smallest absolute Gasteiger partial charge is 0.198 e. The van der Waals surface area contributed by atoms with Crippen molar-refractivity contribution in [2.75, 3.05) is 7.11 Å². The third-order valence-electron chi connectivity index (χ3n) is 2.45. The number of nitrogens with one attached hydrogen (secondary N) is 1. The Kier molecular flexibility index (Phi) is 3.96. The molecule has 0 saturated heterocycles. The second-order valence-electron chi connectivity index (χ2n) is 3.68. The second kappa shape index (κ2) is 5.67. The van der Waals surface area contributed by atoms with Crippen molar-refractivity contribution >= 4 is 12.2 Å². The highest BCUT2D eigenvalue weighted by Gasteiger charge is 2.16. The summed E-state index contributed by atoms with van der Waals surface area (Å²) in [5.74, 6) is -2.51. The van der Waals surface area contributed by atoms with Crippen LogP contribution in [-0.2, 0) is 0 Å². The number of aromatic amines is 1. The average molecular weight is 294 g/mol. The van der Waals surface area contributed by atoms with Crippen molar-refractivity contribution in [2.24, 2.45) is 0 Å². The van der Waals surface area contributed by atoms with E-state index in [-0.39, 0.29) is 21.7 Å². The van der Waals surface area contributed by atoms with Crippen molar-refractivity contribution in [2.45, 2.75) is 0 Å². The number of hydrogen-bond acceptors (Lipinski definition) is 4. The number of hydrogen-bond donors (Lipinski definition) is 1. The molecule has 0 aliphatic rings. The minimum atomic E-state index is -0.940. The molecule has 0 fully saturated rings. The van der Waals surface area contributed by atoms with Crippen molar-refractivity contribution in [3.63, 3.8) is 0 Å². The SMILES string of the molecule is COc1cc(F)c(Oc2cc[nH]c(=S)c2C#N)c(F)c1. The topological polar surface area (TPSA) is 58.0 Å². The van der Waals surface area contributed by atoms with Crippen LogP contribution in [0.1, 0.15) is 5.56 Å². The van der Waals surface area contributed by atoms with Gasteiger partial charge in [-0.15, -0.1) is 0 Å². The molecule has 1 aromatic heterocycles. The molecule has 1 heterocycles. The van der Waals surface area contributed by atoms with Gasteiger partial charge in [0.15, 0.2) is 17.4 Å². The fraction of sp³-hybridized carbons (Fsp3) is 0.0769. The van der Waals surface area contributed by atoms with Crippen LogP contribution < -0.4 is 9.47 Å². The van der Waals surface area contributed by atoms with Crippen molar-refractivity contribution in [1.29, 1.82) is 5.26 Å². The first-order valence-electron chi connectivity index (χ1n) is 5.39. The summed E-state index contributed by atoms with van der Waals surface area (Å²) in [6.07, 6.45) is 1.41. The molecule has 1 N–H and O–H groups in total. The molecule has 0 bridgehead atoms. The standard InChI is InChI=1S/C13H8F2N2O2S/c1-18-7-4-9(14)12(10(15)5-7)19-11-2-3-17-13(20)8(11)6-16/h2-5H,1H3,(H,17,20). The van der Waals surface area contributed by atoms with Crippen molar-refractivity contribution in [3.8, 4) is 23.3 Å². The lowest BCUT2D eigenvalue weighted by Crippen LogP contribution is -1.97. The van der Waals surface area contributed by atoms with Crippen LogP contribution in [0.3, 0.4) is 0 Å². The Morgan fingerprint density at radius 2 is 1.95 bits per heavy atom. The number of rotatable bonds is 3. The maximum atomic E-state index is 13.8. The zero-order chi connectivity index (χ0) is 14.7. The maximum absolute atomic E-state index is 13.8. The van der Waals surface area contributed by atoms with Gasteiger partial charge in [-0.3, -0.25) is 0 Å². The minimum absolute atomic E-state index is 0.00267.